The monoisotopic (exact) mass is 265 g/mol. The molecule has 0 radical (unpaired) electrons. The van der Waals surface area contributed by atoms with Crippen molar-refractivity contribution in [2.75, 3.05) is 0 Å². The average Bonchev–Trinajstić information content (AvgIpc) is 2.78. The summed E-state index contributed by atoms with van der Waals surface area (Å²) in [4.78, 5) is 10.9. The van der Waals surface area contributed by atoms with E-state index >= 15 is 0 Å². The maximum absolute atomic E-state index is 10.9. The Kier molecular flexibility index (Phi) is 3.34. The van der Waals surface area contributed by atoms with Gasteiger partial charge in [-0.3, -0.25) is 0 Å². The lowest BCUT2D eigenvalue weighted by atomic mass is 10.1. The van der Waals surface area contributed by atoms with Gasteiger partial charge in [-0.05, 0) is 30.3 Å². The number of hydrogen-bond acceptors (Lipinski definition) is 4. The summed E-state index contributed by atoms with van der Waals surface area (Å²) in [5, 5.41) is 20.3. The molecule has 0 fully saturated rings. The number of hydrogen-bond donors (Lipinski definition) is 2. The van der Waals surface area contributed by atoms with Gasteiger partial charge in [0.25, 0.3) is 0 Å². The van der Waals surface area contributed by atoms with Crippen molar-refractivity contribution in [1.29, 1.82) is 0 Å². The van der Waals surface area contributed by atoms with E-state index in [4.69, 9.17) is 26.3 Å². The normalized spacial score (nSPS) is 10.9. The van der Waals surface area contributed by atoms with Crippen LogP contribution in [0.15, 0.2) is 39.9 Å². The SMILES string of the molecule is O=C(O)c1cc(-c2ccc(C=NO)o2)ccc1Cl. The quantitative estimate of drug-likeness (QED) is 0.507. The van der Waals surface area contributed by atoms with E-state index in [0.717, 1.165) is 6.21 Å². The fourth-order valence-electron chi connectivity index (χ4n) is 1.48. The number of furan rings is 1. The van der Waals surface area contributed by atoms with Crippen molar-refractivity contribution < 1.29 is 19.5 Å². The van der Waals surface area contributed by atoms with Crippen LogP contribution in [0.5, 0.6) is 0 Å². The molecular weight excluding hydrogens is 258 g/mol. The van der Waals surface area contributed by atoms with E-state index in [1.807, 2.05) is 0 Å². The van der Waals surface area contributed by atoms with E-state index < -0.39 is 5.97 Å². The molecule has 1 aromatic carbocycles. The first-order valence-corrected chi connectivity index (χ1v) is 5.30. The summed E-state index contributed by atoms with van der Waals surface area (Å²) in [5.41, 5.74) is 0.581. The fraction of sp³-hybridized carbons (Fsp3) is 0. The van der Waals surface area contributed by atoms with Gasteiger partial charge in [0.15, 0.2) is 0 Å². The third-order valence-corrected chi connectivity index (χ3v) is 2.62. The molecule has 0 unspecified atom stereocenters. The van der Waals surface area contributed by atoms with Crippen molar-refractivity contribution in [3.05, 3.63) is 46.7 Å². The molecule has 18 heavy (non-hydrogen) atoms. The Hall–Kier alpha value is -2.27. The van der Waals surface area contributed by atoms with Gasteiger partial charge in [0.2, 0.25) is 0 Å². The molecule has 0 amide bonds. The van der Waals surface area contributed by atoms with Crippen LogP contribution in [0.3, 0.4) is 0 Å². The molecule has 92 valence electrons. The summed E-state index contributed by atoms with van der Waals surface area (Å²) in [5.74, 6) is -0.283. The molecule has 0 bridgehead atoms. The molecule has 2 N–H and O–H groups in total. The van der Waals surface area contributed by atoms with E-state index in [2.05, 4.69) is 5.16 Å². The first-order valence-electron chi connectivity index (χ1n) is 4.92. The average molecular weight is 266 g/mol. The van der Waals surface area contributed by atoms with Gasteiger partial charge in [0.1, 0.15) is 17.7 Å². The van der Waals surface area contributed by atoms with Crippen molar-refractivity contribution in [3.63, 3.8) is 0 Å². The Morgan fingerprint density at radius 1 is 1.33 bits per heavy atom. The number of nitrogens with zero attached hydrogens (tertiary/aromatic N) is 1. The summed E-state index contributed by atoms with van der Waals surface area (Å²) in [6, 6.07) is 7.80. The van der Waals surface area contributed by atoms with Gasteiger partial charge in [0, 0.05) is 5.56 Å². The molecule has 2 rings (SSSR count). The predicted octanol–water partition coefficient (Wildman–Crippen LogP) is 3.11. The van der Waals surface area contributed by atoms with Crippen LogP contribution in [-0.2, 0) is 0 Å². The van der Waals surface area contributed by atoms with Gasteiger partial charge in [0.05, 0.1) is 10.6 Å². The second kappa shape index (κ2) is 4.93. The first kappa shape index (κ1) is 12.2. The molecule has 6 heteroatoms. The van der Waals surface area contributed by atoms with E-state index in [-0.39, 0.29) is 10.6 Å². The Balaban J connectivity index is 2.44. The molecule has 0 saturated carbocycles. The molecule has 0 aliphatic carbocycles. The minimum absolute atomic E-state index is 0.00272. The third kappa shape index (κ3) is 2.36. The lowest BCUT2D eigenvalue weighted by molar-refractivity contribution is 0.0697. The minimum Gasteiger partial charge on any atom is -0.478 e. The lowest BCUT2D eigenvalue weighted by Gasteiger charge is -2.01. The number of halogens is 1. The second-order valence-corrected chi connectivity index (χ2v) is 3.85. The van der Waals surface area contributed by atoms with Crippen molar-refractivity contribution in [2.45, 2.75) is 0 Å². The predicted molar refractivity (Wildman–Crippen MR) is 65.5 cm³/mol. The van der Waals surface area contributed by atoms with Crippen LogP contribution in [0.25, 0.3) is 11.3 Å². The molecule has 0 aliphatic heterocycles. The molecule has 0 aliphatic rings. The smallest absolute Gasteiger partial charge is 0.337 e. The zero-order valence-electron chi connectivity index (χ0n) is 9.00. The zero-order chi connectivity index (χ0) is 13.1. The summed E-state index contributed by atoms with van der Waals surface area (Å²) in [7, 11) is 0. The maximum atomic E-state index is 10.9. The topological polar surface area (TPSA) is 83.0 Å². The number of carbonyl (C=O) groups is 1. The highest BCUT2D eigenvalue weighted by atomic mass is 35.5. The number of aromatic carboxylic acids is 1. The largest absolute Gasteiger partial charge is 0.478 e. The summed E-state index contributed by atoms with van der Waals surface area (Å²) >= 11 is 5.77. The standard InChI is InChI=1S/C12H8ClNO4/c13-10-3-1-7(5-9(10)12(15)16)11-4-2-8(18-11)6-14-17/h1-6,17H,(H,15,16). The lowest BCUT2D eigenvalue weighted by Crippen LogP contribution is -1.97. The number of benzene rings is 1. The van der Waals surface area contributed by atoms with Crippen LogP contribution in [0.2, 0.25) is 5.02 Å². The number of rotatable bonds is 3. The highest BCUT2D eigenvalue weighted by Gasteiger charge is 2.12. The summed E-state index contributed by atoms with van der Waals surface area (Å²) in [6.45, 7) is 0. The van der Waals surface area contributed by atoms with E-state index in [1.54, 1.807) is 18.2 Å². The maximum Gasteiger partial charge on any atom is 0.337 e. The summed E-state index contributed by atoms with van der Waals surface area (Å²) in [6.07, 6.45) is 1.14. The van der Waals surface area contributed by atoms with E-state index in [1.165, 1.54) is 12.1 Å². The van der Waals surface area contributed by atoms with Crippen molar-refractivity contribution in [2.24, 2.45) is 5.16 Å². The van der Waals surface area contributed by atoms with Crippen LogP contribution >= 0.6 is 11.6 Å². The Labute approximate surface area is 107 Å². The Bertz CT molecular complexity index is 618. The molecular formula is C12H8ClNO4. The van der Waals surface area contributed by atoms with Gasteiger partial charge >= 0.3 is 5.97 Å². The Morgan fingerprint density at radius 2 is 2.11 bits per heavy atom. The van der Waals surface area contributed by atoms with Crippen LogP contribution in [0, 0.1) is 0 Å². The second-order valence-electron chi connectivity index (χ2n) is 3.45. The van der Waals surface area contributed by atoms with Crippen LogP contribution in [0.4, 0.5) is 0 Å². The van der Waals surface area contributed by atoms with Crippen molar-refractivity contribution >= 4 is 23.8 Å². The molecule has 1 heterocycles. The van der Waals surface area contributed by atoms with Gasteiger partial charge in [-0.1, -0.05) is 16.8 Å². The van der Waals surface area contributed by atoms with Crippen LogP contribution in [-0.4, -0.2) is 22.5 Å². The van der Waals surface area contributed by atoms with Gasteiger partial charge in [-0.15, -0.1) is 0 Å². The van der Waals surface area contributed by atoms with Crippen molar-refractivity contribution in [1.82, 2.24) is 0 Å². The fourth-order valence-corrected chi connectivity index (χ4v) is 1.68. The van der Waals surface area contributed by atoms with Crippen molar-refractivity contribution in [3.8, 4) is 11.3 Å². The third-order valence-electron chi connectivity index (χ3n) is 2.29. The van der Waals surface area contributed by atoms with Crippen LogP contribution in [0.1, 0.15) is 16.1 Å². The molecule has 0 atom stereocenters. The molecule has 1 aromatic heterocycles. The Morgan fingerprint density at radius 3 is 2.78 bits per heavy atom. The minimum atomic E-state index is -1.11. The molecule has 0 spiro atoms. The highest BCUT2D eigenvalue weighted by molar-refractivity contribution is 6.33. The van der Waals surface area contributed by atoms with Gasteiger partial charge in [-0.25, -0.2) is 4.79 Å². The zero-order valence-corrected chi connectivity index (χ0v) is 9.76. The van der Waals surface area contributed by atoms with Gasteiger partial charge < -0.3 is 14.7 Å². The number of oxime groups is 1. The number of carboxylic acid groups (broad SMARTS) is 1. The highest BCUT2D eigenvalue weighted by Crippen LogP contribution is 2.26. The molecule has 0 saturated heterocycles. The van der Waals surface area contributed by atoms with E-state index in [0.29, 0.717) is 17.1 Å². The van der Waals surface area contributed by atoms with E-state index in [9.17, 15) is 4.79 Å². The summed E-state index contributed by atoms with van der Waals surface area (Å²) < 4.78 is 5.34. The molecule has 2 aromatic rings. The first-order chi connectivity index (χ1) is 8.61. The van der Waals surface area contributed by atoms with Crippen LogP contribution < -0.4 is 0 Å². The van der Waals surface area contributed by atoms with Gasteiger partial charge in [-0.2, -0.15) is 0 Å². The number of carboxylic acids is 1. The molecule has 5 nitrogen and oxygen atoms in total.